The Morgan fingerprint density at radius 2 is 1.96 bits per heavy atom. The van der Waals surface area contributed by atoms with Crippen molar-refractivity contribution in [1.29, 1.82) is 0 Å². The molecule has 2 rings (SSSR count). The Morgan fingerprint density at radius 3 is 2.52 bits per heavy atom. The molecule has 1 heterocycles. The zero-order chi connectivity index (χ0) is 17.7. The van der Waals surface area contributed by atoms with Crippen LogP contribution in [0, 0.1) is 0 Å². The minimum absolute atomic E-state index is 0. The van der Waals surface area contributed by atoms with Gasteiger partial charge < -0.3 is 5.73 Å². The van der Waals surface area contributed by atoms with E-state index in [1.807, 2.05) is 0 Å². The standard InChI is InChI=1S/C15H20FN5O2S.ClH/c1-20(2)24(22,23)15-5-3-12(4-6-15)9-14-11-21(19-18-14)10-13(16)7-8-17;/h3-7,11H,8-10,17H2,1-2H3;1H/b13-7-;. The summed E-state index contributed by atoms with van der Waals surface area (Å²) in [6, 6.07) is 6.56. The Kier molecular flexibility index (Phi) is 7.68. The first-order chi connectivity index (χ1) is 11.3. The monoisotopic (exact) mass is 389 g/mol. The lowest BCUT2D eigenvalue weighted by atomic mass is 10.1. The van der Waals surface area contributed by atoms with Crippen molar-refractivity contribution in [2.45, 2.75) is 17.9 Å². The first kappa shape index (κ1) is 21.2. The number of rotatable bonds is 7. The van der Waals surface area contributed by atoms with Crippen molar-refractivity contribution in [3.63, 3.8) is 0 Å². The van der Waals surface area contributed by atoms with Crippen LogP contribution in [-0.2, 0) is 23.0 Å². The van der Waals surface area contributed by atoms with Crippen LogP contribution in [0.25, 0.3) is 0 Å². The highest BCUT2D eigenvalue weighted by Crippen LogP contribution is 2.15. The average Bonchev–Trinajstić information content (AvgIpc) is 2.94. The molecule has 25 heavy (non-hydrogen) atoms. The van der Waals surface area contributed by atoms with E-state index in [1.54, 1.807) is 30.5 Å². The van der Waals surface area contributed by atoms with Gasteiger partial charge in [-0.05, 0) is 23.8 Å². The molecule has 7 nitrogen and oxygen atoms in total. The zero-order valence-corrected chi connectivity index (χ0v) is 15.6. The number of hydrogen-bond acceptors (Lipinski definition) is 5. The lowest BCUT2D eigenvalue weighted by Gasteiger charge is -2.11. The molecule has 0 bridgehead atoms. The smallest absolute Gasteiger partial charge is 0.242 e. The number of allylic oxidation sites excluding steroid dienone is 1. The summed E-state index contributed by atoms with van der Waals surface area (Å²) in [6.45, 7) is 0.125. The highest BCUT2D eigenvalue weighted by Gasteiger charge is 2.16. The molecule has 0 aliphatic carbocycles. The summed E-state index contributed by atoms with van der Waals surface area (Å²) >= 11 is 0. The van der Waals surface area contributed by atoms with Crippen molar-refractivity contribution in [3.8, 4) is 0 Å². The molecule has 1 aromatic carbocycles. The minimum Gasteiger partial charge on any atom is -0.327 e. The molecular formula is C15H21ClFN5O2S. The highest BCUT2D eigenvalue weighted by molar-refractivity contribution is 7.89. The van der Waals surface area contributed by atoms with Crippen molar-refractivity contribution in [1.82, 2.24) is 19.3 Å². The van der Waals surface area contributed by atoms with E-state index >= 15 is 0 Å². The predicted octanol–water partition coefficient (Wildman–Crippen LogP) is 1.35. The maximum Gasteiger partial charge on any atom is 0.242 e. The molecule has 0 fully saturated rings. The van der Waals surface area contributed by atoms with Gasteiger partial charge in [-0.15, -0.1) is 17.5 Å². The number of hydrogen-bond donors (Lipinski definition) is 1. The van der Waals surface area contributed by atoms with Crippen LogP contribution in [-0.4, -0.2) is 48.4 Å². The third-order valence-electron chi connectivity index (χ3n) is 3.33. The lowest BCUT2D eigenvalue weighted by Crippen LogP contribution is -2.22. The van der Waals surface area contributed by atoms with Gasteiger partial charge in [0.05, 0.1) is 17.1 Å². The lowest BCUT2D eigenvalue weighted by molar-refractivity contribution is 0.515. The normalized spacial score (nSPS) is 12.3. The van der Waals surface area contributed by atoms with Gasteiger partial charge in [0.25, 0.3) is 0 Å². The third kappa shape index (κ3) is 5.60. The molecule has 0 radical (unpaired) electrons. The van der Waals surface area contributed by atoms with Gasteiger partial charge in [0, 0.05) is 33.3 Å². The van der Waals surface area contributed by atoms with Gasteiger partial charge in [-0.1, -0.05) is 17.3 Å². The number of benzene rings is 1. The molecule has 0 saturated carbocycles. The van der Waals surface area contributed by atoms with Crippen LogP contribution in [0.3, 0.4) is 0 Å². The summed E-state index contributed by atoms with van der Waals surface area (Å²) in [5, 5.41) is 7.84. The number of halogens is 2. The van der Waals surface area contributed by atoms with E-state index in [0.29, 0.717) is 12.1 Å². The summed E-state index contributed by atoms with van der Waals surface area (Å²) in [5.74, 6) is -0.368. The molecular weight excluding hydrogens is 369 g/mol. The summed E-state index contributed by atoms with van der Waals surface area (Å²) in [7, 11) is -0.466. The maximum atomic E-state index is 13.4. The second-order valence-electron chi connectivity index (χ2n) is 5.40. The molecule has 10 heteroatoms. The van der Waals surface area contributed by atoms with Crippen LogP contribution in [0.2, 0.25) is 0 Å². The molecule has 1 aromatic heterocycles. The second kappa shape index (κ2) is 9.04. The Balaban J connectivity index is 0.00000312. The van der Waals surface area contributed by atoms with Gasteiger partial charge in [0.1, 0.15) is 5.83 Å². The van der Waals surface area contributed by atoms with Crippen molar-refractivity contribution in [2.24, 2.45) is 5.73 Å². The first-order valence-electron chi connectivity index (χ1n) is 7.28. The van der Waals surface area contributed by atoms with Crippen LogP contribution in [0.5, 0.6) is 0 Å². The van der Waals surface area contributed by atoms with Crippen LogP contribution in [0.15, 0.2) is 47.3 Å². The average molecular weight is 390 g/mol. The molecule has 0 amide bonds. The summed E-state index contributed by atoms with van der Waals surface area (Å²) in [6.07, 6.45) is 3.41. The van der Waals surface area contributed by atoms with E-state index in [1.165, 1.54) is 24.9 Å². The van der Waals surface area contributed by atoms with Gasteiger partial charge in [-0.25, -0.2) is 21.8 Å². The fraction of sp³-hybridized carbons (Fsp3) is 0.333. The highest BCUT2D eigenvalue weighted by atomic mass is 35.5. The van der Waals surface area contributed by atoms with Gasteiger partial charge >= 0.3 is 0 Å². The van der Waals surface area contributed by atoms with Crippen molar-refractivity contribution in [3.05, 3.63) is 53.6 Å². The molecule has 0 spiro atoms. The molecule has 0 aliphatic heterocycles. The molecule has 0 unspecified atom stereocenters. The topological polar surface area (TPSA) is 94.1 Å². The van der Waals surface area contributed by atoms with E-state index in [0.717, 1.165) is 9.87 Å². The largest absolute Gasteiger partial charge is 0.327 e. The molecule has 0 saturated heterocycles. The first-order valence-corrected chi connectivity index (χ1v) is 8.72. The Hall–Kier alpha value is -1.81. The van der Waals surface area contributed by atoms with E-state index in [2.05, 4.69) is 10.3 Å². The quantitative estimate of drug-likeness (QED) is 0.771. The molecule has 0 aliphatic rings. The number of nitrogens with two attached hydrogens (primary N) is 1. The predicted molar refractivity (Wildman–Crippen MR) is 95.6 cm³/mol. The molecule has 138 valence electrons. The Labute approximate surface area is 152 Å². The molecule has 0 atom stereocenters. The van der Waals surface area contributed by atoms with E-state index in [9.17, 15) is 12.8 Å². The molecule has 2 aromatic rings. The zero-order valence-electron chi connectivity index (χ0n) is 14.0. The minimum atomic E-state index is -3.44. The van der Waals surface area contributed by atoms with Crippen molar-refractivity contribution in [2.75, 3.05) is 20.6 Å². The van der Waals surface area contributed by atoms with Gasteiger partial charge in [-0.2, -0.15) is 0 Å². The Morgan fingerprint density at radius 1 is 1.32 bits per heavy atom. The van der Waals surface area contributed by atoms with Gasteiger partial charge in [0.15, 0.2) is 0 Å². The molecule has 2 N–H and O–H groups in total. The van der Waals surface area contributed by atoms with E-state index < -0.39 is 10.0 Å². The van der Waals surface area contributed by atoms with Gasteiger partial charge in [-0.3, -0.25) is 0 Å². The van der Waals surface area contributed by atoms with Crippen LogP contribution in [0.4, 0.5) is 4.39 Å². The number of aromatic nitrogens is 3. The van der Waals surface area contributed by atoms with Crippen LogP contribution >= 0.6 is 12.4 Å². The van der Waals surface area contributed by atoms with Gasteiger partial charge in [0.2, 0.25) is 10.0 Å². The number of sulfonamides is 1. The number of nitrogens with zero attached hydrogens (tertiary/aromatic N) is 4. The SMILES string of the molecule is CN(C)S(=O)(=O)c1ccc(Cc2cn(C/C(F)=C/CN)nn2)cc1.Cl. The summed E-state index contributed by atoms with van der Waals surface area (Å²) in [4.78, 5) is 0.230. The van der Waals surface area contributed by atoms with Crippen molar-refractivity contribution >= 4 is 22.4 Å². The second-order valence-corrected chi connectivity index (χ2v) is 7.55. The summed E-state index contributed by atoms with van der Waals surface area (Å²) in [5.41, 5.74) is 6.80. The Bertz CT molecular complexity index is 819. The van der Waals surface area contributed by atoms with Crippen LogP contribution < -0.4 is 5.73 Å². The third-order valence-corrected chi connectivity index (χ3v) is 5.15. The van der Waals surface area contributed by atoms with Crippen LogP contribution in [0.1, 0.15) is 11.3 Å². The van der Waals surface area contributed by atoms with E-state index in [-0.39, 0.29) is 36.2 Å². The summed E-state index contributed by atoms with van der Waals surface area (Å²) < 4.78 is 40.0. The van der Waals surface area contributed by atoms with E-state index in [4.69, 9.17) is 5.73 Å². The fourth-order valence-corrected chi connectivity index (χ4v) is 2.94. The fourth-order valence-electron chi connectivity index (χ4n) is 2.04. The van der Waals surface area contributed by atoms with Crippen molar-refractivity contribution < 1.29 is 12.8 Å². The maximum absolute atomic E-state index is 13.4.